The van der Waals surface area contributed by atoms with E-state index < -0.39 is 11.6 Å². The van der Waals surface area contributed by atoms with E-state index in [2.05, 4.69) is 12.1 Å². The van der Waals surface area contributed by atoms with E-state index in [1.54, 1.807) is 0 Å². The van der Waals surface area contributed by atoms with Crippen molar-refractivity contribution < 1.29 is 40.1 Å². The number of halogens is 2. The van der Waals surface area contributed by atoms with Crippen LogP contribution < -0.4 is 0 Å². The van der Waals surface area contributed by atoms with Gasteiger partial charge in [0.15, 0.2) is 0 Å². The van der Waals surface area contributed by atoms with E-state index in [0.717, 1.165) is 0 Å². The Morgan fingerprint density at radius 1 is 0.783 bits per heavy atom. The second-order valence-corrected chi connectivity index (χ2v) is 3.94. The summed E-state index contributed by atoms with van der Waals surface area (Å²) in [5, 5.41) is 0. The fraction of sp³-hybridized carbons (Fsp3) is 0.111. The molecule has 2 rings (SSSR count). The largest absolute Gasteiger partial charge is 4.00 e. The first-order chi connectivity index (χ1) is 9.40. The van der Waals surface area contributed by atoms with E-state index in [-0.39, 0.29) is 48.1 Å². The van der Waals surface area contributed by atoms with Crippen molar-refractivity contribution in [3.63, 3.8) is 0 Å². The molecule has 23 heavy (non-hydrogen) atoms. The SMILES string of the molecule is CC(=O)c1[c-]c(F)ccc1.CC(=O)c1[c-]c(F)ccc1.[CH3-].[CH3-].[Ti+4]. The average molecular weight is 352 g/mol. The first-order valence-corrected chi connectivity index (χ1v) is 5.77. The van der Waals surface area contributed by atoms with Crippen LogP contribution in [-0.4, -0.2) is 11.6 Å². The average Bonchev–Trinajstić information content (AvgIpc) is 2.39. The summed E-state index contributed by atoms with van der Waals surface area (Å²) in [7, 11) is 0. The van der Waals surface area contributed by atoms with Gasteiger partial charge < -0.3 is 24.4 Å². The van der Waals surface area contributed by atoms with Crippen LogP contribution in [0.4, 0.5) is 8.78 Å². The second-order valence-electron chi connectivity index (χ2n) is 3.94. The molecular formula is C18H18F2O2Ti. The quantitative estimate of drug-likeness (QED) is 0.451. The van der Waals surface area contributed by atoms with Crippen LogP contribution in [0.15, 0.2) is 36.4 Å². The Bertz CT molecular complexity index is 572. The summed E-state index contributed by atoms with van der Waals surface area (Å²) in [5.41, 5.74) is 0.583. The monoisotopic (exact) mass is 352 g/mol. The topological polar surface area (TPSA) is 34.1 Å². The number of hydrogen-bond acceptors (Lipinski definition) is 2. The minimum Gasteiger partial charge on any atom is -0.358 e. The van der Waals surface area contributed by atoms with Gasteiger partial charge in [0, 0.05) is 11.6 Å². The molecule has 2 aromatic carbocycles. The van der Waals surface area contributed by atoms with Gasteiger partial charge in [-0.25, -0.2) is 8.78 Å². The van der Waals surface area contributed by atoms with Gasteiger partial charge in [0.1, 0.15) is 0 Å². The fourth-order valence-electron chi connectivity index (χ4n) is 1.29. The van der Waals surface area contributed by atoms with Crippen LogP contribution in [0.1, 0.15) is 34.6 Å². The van der Waals surface area contributed by atoms with E-state index in [9.17, 15) is 18.4 Å². The van der Waals surface area contributed by atoms with E-state index >= 15 is 0 Å². The van der Waals surface area contributed by atoms with Gasteiger partial charge in [-0.05, 0) is 13.8 Å². The molecular weight excluding hydrogens is 334 g/mol. The molecule has 2 nitrogen and oxygen atoms in total. The van der Waals surface area contributed by atoms with Gasteiger partial charge in [-0.3, -0.25) is 0 Å². The molecule has 0 fully saturated rings. The number of hydrogen-bond donors (Lipinski definition) is 0. The van der Waals surface area contributed by atoms with Crippen molar-refractivity contribution in [2.75, 3.05) is 0 Å². The Hall–Kier alpha value is -1.65. The minimum absolute atomic E-state index is 0. The zero-order valence-corrected chi connectivity index (χ0v) is 15.1. The predicted molar refractivity (Wildman–Crippen MR) is 83.3 cm³/mol. The van der Waals surface area contributed by atoms with Gasteiger partial charge in [-0.2, -0.15) is 0 Å². The normalized spacial score (nSPS) is 8.17. The molecule has 0 radical (unpaired) electrons. The minimum atomic E-state index is -0.493. The molecule has 0 heterocycles. The molecule has 0 aliphatic rings. The van der Waals surface area contributed by atoms with E-state index in [0.29, 0.717) is 11.1 Å². The fourth-order valence-corrected chi connectivity index (χ4v) is 1.29. The number of carbonyl (C=O) groups is 2. The maximum atomic E-state index is 12.3. The number of benzene rings is 2. The van der Waals surface area contributed by atoms with Crippen molar-refractivity contribution in [2.45, 2.75) is 13.8 Å². The summed E-state index contributed by atoms with van der Waals surface area (Å²) in [5.74, 6) is -1.32. The third-order valence-electron chi connectivity index (χ3n) is 2.28. The molecule has 2 aromatic rings. The van der Waals surface area contributed by atoms with Crippen molar-refractivity contribution >= 4 is 11.6 Å². The van der Waals surface area contributed by atoms with Gasteiger partial charge in [-0.15, -0.1) is 59.7 Å². The molecule has 0 aliphatic carbocycles. The first-order valence-electron chi connectivity index (χ1n) is 5.77. The van der Waals surface area contributed by atoms with Crippen molar-refractivity contribution in [1.29, 1.82) is 0 Å². The van der Waals surface area contributed by atoms with Gasteiger partial charge in [0.05, 0.1) is 11.6 Å². The molecule has 0 aromatic heterocycles. The van der Waals surface area contributed by atoms with Gasteiger partial charge in [0.2, 0.25) is 0 Å². The maximum Gasteiger partial charge on any atom is 4.00 e. The summed E-state index contributed by atoms with van der Waals surface area (Å²) < 4.78 is 24.6. The first kappa shape index (κ1) is 26.3. The van der Waals surface area contributed by atoms with Crippen molar-refractivity contribution in [3.05, 3.63) is 86.1 Å². The van der Waals surface area contributed by atoms with Crippen molar-refractivity contribution in [3.8, 4) is 0 Å². The van der Waals surface area contributed by atoms with Crippen molar-refractivity contribution in [1.82, 2.24) is 0 Å². The zero-order chi connectivity index (χ0) is 15.1. The molecule has 0 aliphatic heterocycles. The summed E-state index contributed by atoms with van der Waals surface area (Å²) >= 11 is 0. The smallest absolute Gasteiger partial charge is 0.358 e. The van der Waals surface area contributed by atoms with Gasteiger partial charge in [-0.1, -0.05) is 0 Å². The molecule has 0 amide bonds. The van der Waals surface area contributed by atoms with Crippen LogP contribution in [0.25, 0.3) is 0 Å². The molecule has 0 spiro atoms. The standard InChI is InChI=1S/2C8H6FO.2CH3.Ti/c2*1-6(10)7-3-2-4-8(9)5-7;;;/h2*2-4H,1H3;2*1H3;/q4*-1;+4. The number of rotatable bonds is 2. The van der Waals surface area contributed by atoms with Crippen LogP contribution in [0.3, 0.4) is 0 Å². The van der Waals surface area contributed by atoms with Crippen LogP contribution in [0.5, 0.6) is 0 Å². The second kappa shape index (κ2) is 12.9. The Morgan fingerprint density at radius 3 is 1.26 bits per heavy atom. The van der Waals surface area contributed by atoms with E-state index in [1.165, 1.54) is 50.2 Å². The Labute approximate surface area is 151 Å². The maximum absolute atomic E-state index is 12.3. The third-order valence-corrected chi connectivity index (χ3v) is 2.28. The molecule has 0 saturated heterocycles. The molecule has 0 atom stereocenters. The molecule has 0 N–H and O–H groups in total. The molecule has 120 valence electrons. The summed E-state index contributed by atoms with van der Waals surface area (Å²) in [6, 6.07) is 13.1. The molecule has 0 saturated carbocycles. The van der Waals surface area contributed by atoms with Crippen LogP contribution in [0, 0.1) is 38.6 Å². The summed E-state index contributed by atoms with van der Waals surface area (Å²) in [6.07, 6.45) is 0. The Morgan fingerprint density at radius 2 is 1.09 bits per heavy atom. The zero-order valence-electron chi connectivity index (χ0n) is 13.5. The van der Waals surface area contributed by atoms with Crippen molar-refractivity contribution in [2.24, 2.45) is 0 Å². The molecule has 0 bridgehead atoms. The Kier molecular flexibility index (Phi) is 14.7. The third kappa shape index (κ3) is 9.87. The summed E-state index contributed by atoms with van der Waals surface area (Å²) in [6.45, 7) is 2.76. The van der Waals surface area contributed by atoms with Crippen LogP contribution in [-0.2, 0) is 21.7 Å². The van der Waals surface area contributed by atoms with Gasteiger partial charge in [0.25, 0.3) is 0 Å². The van der Waals surface area contributed by atoms with E-state index in [4.69, 9.17) is 0 Å². The Balaban J connectivity index is -0.000000308. The predicted octanol–water partition coefficient (Wildman–Crippen LogP) is 4.56. The van der Waals surface area contributed by atoms with Gasteiger partial charge >= 0.3 is 21.7 Å². The number of carbonyl (C=O) groups excluding carboxylic acids is 2. The van der Waals surface area contributed by atoms with Crippen LogP contribution >= 0.6 is 0 Å². The molecule has 0 unspecified atom stereocenters. The number of Topliss-reactive ketones (excluding diaryl/α,β-unsaturated/α-hetero) is 2. The van der Waals surface area contributed by atoms with E-state index in [1.807, 2.05) is 0 Å². The molecule has 5 heteroatoms. The number of ketones is 2. The summed E-state index contributed by atoms with van der Waals surface area (Å²) in [4.78, 5) is 21.2. The van der Waals surface area contributed by atoms with Crippen LogP contribution in [0.2, 0.25) is 0 Å².